The molecular formula is C19H15Br2F2N3O2S2. The van der Waals surface area contributed by atoms with Crippen LogP contribution in [-0.2, 0) is 10.0 Å². The van der Waals surface area contributed by atoms with Crippen LogP contribution >= 0.6 is 43.2 Å². The van der Waals surface area contributed by atoms with Crippen molar-refractivity contribution in [2.24, 2.45) is 0 Å². The minimum atomic E-state index is -4.21. The number of hydrogen-bond acceptors (Lipinski definition) is 5. The first kappa shape index (κ1) is 21.8. The summed E-state index contributed by atoms with van der Waals surface area (Å²) in [6, 6.07) is 10.7. The number of sulfonamides is 1. The van der Waals surface area contributed by atoms with Crippen molar-refractivity contribution in [1.29, 1.82) is 0 Å². The van der Waals surface area contributed by atoms with Gasteiger partial charge in [0.1, 0.15) is 10.7 Å². The van der Waals surface area contributed by atoms with Crippen molar-refractivity contribution >= 4 is 58.4 Å². The molecule has 1 aromatic heterocycles. The fourth-order valence-corrected chi connectivity index (χ4v) is 7.06. The van der Waals surface area contributed by atoms with Crippen molar-refractivity contribution in [3.63, 3.8) is 0 Å². The zero-order chi connectivity index (χ0) is 21.5. The van der Waals surface area contributed by atoms with Crippen molar-refractivity contribution in [3.05, 3.63) is 62.4 Å². The molecule has 158 valence electrons. The standard InChI is InChI=1S/C19H15Br2F2N3O2S2/c20-13-10-14(22)16(21)18(17(13)23)30(27,28)26-8-6-25(7-9-26)19-24-15(11-29-19)12-4-2-1-3-5-12/h1-5,10-11H,6-9H2. The second-order valence-electron chi connectivity index (χ2n) is 6.57. The van der Waals surface area contributed by atoms with Crippen LogP contribution in [0.5, 0.6) is 0 Å². The van der Waals surface area contributed by atoms with Gasteiger partial charge in [-0.05, 0) is 37.9 Å². The average molecular weight is 579 g/mol. The van der Waals surface area contributed by atoms with E-state index in [1.807, 2.05) is 40.6 Å². The van der Waals surface area contributed by atoms with Crippen LogP contribution in [0.15, 0.2) is 55.6 Å². The van der Waals surface area contributed by atoms with Crippen LogP contribution in [0.25, 0.3) is 11.3 Å². The van der Waals surface area contributed by atoms with Crippen LogP contribution in [0.4, 0.5) is 13.9 Å². The van der Waals surface area contributed by atoms with Gasteiger partial charge < -0.3 is 4.90 Å². The van der Waals surface area contributed by atoms with Crippen LogP contribution in [0.1, 0.15) is 0 Å². The maximum atomic E-state index is 14.5. The third kappa shape index (κ3) is 4.05. The Balaban J connectivity index is 1.52. The number of nitrogens with zero attached hydrogens (tertiary/aromatic N) is 3. The van der Waals surface area contributed by atoms with Gasteiger partial charge in [0.25, 0.3) is 0 Å². The minimum Gasteiger partial charge on any atom is -0.345 e. The van der Waals surface area contributed by atoms with Crippen molar-refractivity contribution in [3.8, 4) is 11.3 Å². The van der Waals surface area contributed by atoms with Gasteiger partial charge in [0.2, 0.25) is 10.0 Å². The van der Waals surface area contributed by atoms with E-state index >= 15 is 0 Å². The van der Waals surface area contributed by atoms with E-state index in [1.54, 1.807) is 0 Å². The molecule has 0 aliphatic carbocycles. The Morgan fingerprint density at radius 1 is 1.03 bits per heavy atom. The third-order valence-corrected chi connectivity index (χ3v) is 9.20. The number of hydrogen-bond donors (Lipinski definition) is 0. The number of piperazine rings is 1. The van der Waals surface area contributed by atoms with Gasteiger partial charge in [-0.25, -0.2) is 22.2 Å². The molecule has 0 bridgehead atoms. The Kier molecular flexibility index (Phi) is 6.27. The van der Waals surface area contributed by atoms with Gasteiger partial charge in [0.05, 0.1) is 14.6 Å². The van der Waals surface area contributed by atoms with Crippen LogP contribution in [0.3, 0.4) is 0 Å². The summed E-state index contributed by atoms with van der Waals surface area (Å²) < 4.78 is 55.1. The zero-order valence-electron chi connectivity index (χ0n) is 15.4. The minimum absolute atomic E-state index is 0.141. The van der Waals surface area contributed by atoms with E-state index in [9.17, 15) is 17.2 Å². The lowest BCUT2D eigenvalue weighted by Crippen LogP contribution is -2.48. The molecule has 11 heteroatoms. The molecule has 1 saturated heterocycles. The summed E-state index contributed by atoms with van der Waals surface area (Å²) in [6.45, 7) is 1.08. The lowest BCUT2D eigenvalue weighted by molar-refractivity contribution is 0.381. The van der Waals surface area contributed by atoms with Gasteiger partial charge in [-0.15, -0.1) is 11.3 Å². The van der Waals surface area contributed by atoms with E-state index in [4.69, 9.17) is 0 Å². The second-order valence-corrected chi connectivity index (χ2v) is 10.9. The van der Waals surface area contributed by atoms with E-state index in [0.29, 0.717) is 13.1 Å². The van der Waals surface area contributed by atoms with E-state index in [2.05, 4.69) is 36.8 Å². The van der Waals surface area contributed by atoms with Gasteiger partial charge in [-0.2, -0.15) is 4.31 Å². The molecule has 0 saturated carbocycles. The molecule has 0 atom stereocenters. The van der Waals surface area contributed by atoms with Crippen LogP contribution in [0, 0.1) is 11.6 Å². The molecule has 1 aliphatic rings. The summed E-state index contributed by atoms with van der Waals surface area (Å²) in [6.07, 6.45) is 0. The maximum Gasteiger partial charge on any atom is 0.247 e. The molecule has 0 amide bonds. The van der Waals surface area contributed by atoms with Gasteiger partial charge in [-0.1, -0.05) is 30.3 Å². The Morgan fingerprint density at radius 3 is 2.37 bits per heavy atom. The second kappa shape index (κ2) is 8.62. The van der Waals surface area contributed by atoms with Crippen molar-refractivity contribution in [2.75, 3.05) is 31.1 Å². The van der Waals surface area contributed by atoms with E-state index in [-0.39, 0.29) is 17.6 Å². The average Bonchev–Trinajstić information content (AvgIpc) is 3.23. The molecular weight excluding hydrogens is 564 g/mol. The van der Waals surface area contributed by atoms with Crippen molar-refractivity contribution in [1.82, 2.24) is 9.29 Å². The molecule has 0 radical (unpaired) electrons. The number of anilines is 1. The van der Waals surface area contributed by atoms with Crippen molar-refractivity contribution < 1.29 is 17.2 Å². The lowest BCUT2D eigenvalue weighted by atomic mass is 10.2. The number of thiazole rings is 1. The van der Waals surface area contributed by atoms with Gasteiger partial charge >= 0.3 is 0 Å². The summed E-state index contributed by atoms with van der Waals surface area (Å²) in [4.78, 5) is 5.96. The fourth-order valence-electron chi connectivity index (χ4n) is 3.18. The van der Waals surface area contributed by atoms with Crippen LogP contribution in [0.2, 0.25) is 0 Å². The monoisotopic (exact) mass is 577 g/mol. The molecule has 0 N–H and O–H groups in total. The molecule has 2 aromatic carbocycles. The molecule has 3 aromatic rings. The molecule has 4 rings (SSSR count). The smallest absolute Gasteiger partial charge is 0.247 e. The highest BCUT2D eigenvalue weighted by molar-refractivity contribution is 9.11. The zero-order valence-corrected chi connectivity index (χ0v) is 20.2. The van der Waals surface area contributed by atoms with E-state index < -0.39 is 31.0 Å². The van der Waals surface area contributed by atoms with E-state index in [0.717, 1.165) is 22.5 Å². The predicted octanol–water partition coefficient (Wildman–Crippen LogP) is 5.12. The molecule has 2 heterocycles. The van der Waals surface area contributed by atoms with Crippen molar-refractivity contribution in [2.45, 2.75) is 4.90 Å². The first-order valence-corrected chi connectivity index (χ1v) is 12.8. The summed E-state index contributed by atoms with van der Waals surface area (Å²) in [5, 5.41) is 2.76. The molecule has 0 spiro atoms. The number of rotatable bonds is 4. The largest absolute Gasteiger partial charge is 0.345 e. The Morgan fingerprint density at radius 2 is 1.70 bits per heavy atom. The third-order valence-electron chi connectivity index (χ3n) is 4.74. The van der Waals surface area contributed by atoms with Gasteiger partial charge in [0, 0.05) is 37.1 Å². The molecule has 30 heavy (non-hydrogen) atoms. The molecule has 1 fully saturated rings. The van der Waals surface area contributed by atoms with Gasteiger partial charge in [0.15, 0.2) is 10.9 Å². The van der Waals surface area contributed by atoms with Crippen LogP contribution < -0.4 is 4.90 Å². The first-order chi connectivity index (χ1) is 14.3. The summed E-state index contributed by atoms with van der Waals surface area (Å²) >= 11 is 7.24. The Hall–Kier alpha value is -1.40. The highest BCUT2D eigenvalue weighted by Crippen LogP contribution is 2.35. The highest BCUT2D eigenvalue weighted by Gasteiger charge is 2.35. The summed E-state index contributed by atoms with van der Waals surface area (Å²) in [5.41, 5.74) is 1.87. The Labute approximate surface area is 193 Å². The summed E-state index contributed by atoms with van der Waals surface area (Å²) in [5.74, 6) is -1.87. The lowest BCUT2D eigenvalue weighted by Gasteiger charge is -2.34. The van der Waals surface area contributed by atoms with E-state index in [1.165, 1.54) is 15.6 Å². The highest BCUT2D eigenvalue weighted by atomic mass is 79.9. The molecule has 0 unspecified atom stereocenters. The molecule has 1 aliphatic heterocycles. The quantitative estimate of drug-likeness (QED) is 0.403. The number of halogens is 4. The Bertz CT molecular complexity index is 1160. The normalized spacial score (nSPS) is 15.5. The number of aromatic nitrogens is 1. The first-order valence-electron chi connectivity index (χ1n) is 8.88. The number of benzene rings is 2. The summed E-state index contributed by atoms with van der Waals surface area (Å²) in [7, 11) is -4.21. The topological polar surface area (TPSA) is 53.5 Å². The maximum absolute atomic E-state index is 14.5. The molecule has 5 nitrogen and oxygen atoms in total. The SMILES string of the molecule is O=S(=O)(c1c(F)c(Br)cc(F)c1Br)N1CCN(c2nc(-c3ccccc3)cs2)CC1. The predicted molar refractivity (Wildman–Crippen MR) is 120 cm³/mol. The van der Waals surface area contributed by atoms with Crippen LogP contribution in [-0.4, -0.2) is 43.9 Å². The van der Waals surface area contributed by atoms with Gasteiger partial charge in [-0.3, -0.25) is 0 Å². The fraction of sp³-hybridized carbons (Fsp3) is 0.211.